The number of halogens is 1. The fourth-order valence-corrected chi connectivity index (χ4v) is 4.76. The van der Waals surface area contributed by atoms with Crippen LogP contribution in [0.3, 0.4) is 0 Å². The lowest BCUT2D eigenvalue weighted by atomic mass is 9.95. The third kappa shape index (κ3) is 5.89. The highest BCUT2D eigenvalue weighted by Crippen LogP contribution is 2.24. The van der Waals surface area contributed by atoms with Crippen LogP contribution in [0.2, 0.25) is 0 Å². The summed E-state index contributed by atoms with van der Waals surface area (Å²) in [6, 6.07) is 14.3. The number of aromatic nitrogens is 2. The molecule has 0 spiro atoms. The van der Waals surface area contributed by atoms with Gasteiger partial charge >= 0.3 is 0 Å². The first-order valence-corrected chi connectivity index (χ1v) is 12.4. The summed E-state index contributed by atoms with van der Waals surface area (Å²) < 4.78 is 6.47. The van der Waals surface area contributed by atoms with Gasteiger partial charge in [0.05, 0.1) is 18.5 Å². The van der Waals surface area contributed by atoms with Crippen LogP contribution in [0.15, 0.2) is 51.5 Å². The number of carbonyl (C=O) groups is 1. The van der Waals surface area contributed by atoms with Crippen molar-refractivity contribution < 1.29 is 9.32 Å². The van der Waals surface area contributed by atoms with Gasteiger partial charge in [0.15, 0.2) is 0 Å². The van der Waals surface area contributed by atoms with Crippen molar-refractivity contribution in [3.8, 4) is 11.4 Å². The van der Waals surface area contributed by atoms with Crippen molar-refractivity contribution in [1.82, 2.24) is 20.4 Å². The Morgan fingerprint density at radius 2 is 2.09 bits per heavy atom. The van der Waals surface area contributed by atoms with E-state index in [1.165, 1.54) is 16.7 Å². The van der Waals surface area contributed by atoms with E-state index in [2.05, 4.69) is 75.3 Å². The van der Waals surface area contributed by atoms with Gasteiger partial charge in [0.1, 0.15) is 0 Å². The van der Waals surface area contributed by atoms with Crippen molar-refractivity contribution in [3.05, 3.63) is 69.5 Å². The first-order chi connectivity index (χ1) is 15.9. The van der Waals surface area contributed by atoms with Crippen LogP contribution in [0.4, 0.5) is 0 Å². The Balaban J connectivity index is 1.37. The van der Waals surface area contributed by atoms with Crippen molar-refractivity contribution >= 4 is 21.8 Å². The predicted octanol–water partition coefficient (Wildman–Crippen LogP) is 5.60. The summed E-state index contributed by atoms with van der Waals surface area (Å²) in [7, 11) is 0. The molecule has 2 atom stereocenters. The van der Waals surface area contributed by atoms with E-state index in [0.717, 1.165) is 35.8 Å². The normalized spacial score (nSPS) is 17.6. The van der Waals surface area contributed by atoms with Crippen molar-refractivity contribution in [2.45, 2.75) is 52.6 Å². The van der Waals surface area contributed by atoms with E-state index in [0.29, 0.717) is 24.8 Å². The fourth-order valence-electron chi connectivity index (χ4n) is 4.36. The number of rotatable bonds is 7. The maximum atomic E-state index is 13.1. The minimum atomic E-state index is -0.0354. The second-order valence-electron chi connectivity index (χ2n) is 8.91. The molecule has 3 aromatic rings. The van der Waals surface area contributed by atoms with E-state index in [9.17, 15) is 4.79 Å². The lowest BCUT2D eigenvalue weighted by Crippen LogP contribution is -2.43. The number of nitrogens with one attached hydrogen (secondary N) is 1. The monoisotopic (exact) mass is 510 g/mol. The van der Waals surface area contributed by atoms with E-state index >= 15 is 0 Å². The Morgan fingerprint density at radius 3 is 2.85 bits per heavy atom. The third-order valence-electron chi connectivity index (χ3n) is 6.44. The van der Waals surface area contributed by atoms with Crippen molar-refractivity contribution in [2.75, 3.05) is 13.1 Å². The molecule has 7 heteroatoms. The SMILES string of the molecule is CCC(NC(=O)C1CCCN(Cc2nc(-c3cccc(Br)c3)no2)C1)c1ccc(C)c(C)c1. The highest BCUT2D eigenvalue weighted by atomic mass is 79.9. The number of amides is 1. The van der Waals surface area contributed by atoms with E-state index < -0.39 is 0 Å². The molecule has 1 aliphatic rings. The molecule has 1 aliphatic heterocycles. The van der Waals surface area contributed by atoms with E-state index in [-0.39, 0.29) is 17.9 Å². The molecule has 2 heterocycles. The molecule has 2 aromatic carbocycles. The molecule has 33 heavy (non-hydrogen) atoms. The number of piperidine rings is 1. The average molecular weight is 511 g/mol. The van der Waals surface area contributed by atoms with Gasteiger partial charge in [-0.2, -0.15) is 4.98 Å². The summed E-state index contributed by atoms with van der Waals surface area (Å²) in [5, 5.41) is 7.42. The van der Waals surface area contributed by atoms with Crippen LogP contribution in [0.5, 0.6) is 0 Å². The molecule has 0 saturated carbocycles. The molecule has 1 amide bonds. The summed E-state index contributed by atoms with van der Waals surface area (Å²) in [4.78, 5) is 19.9. The summed E-state index contributed by atoms with van der Waals surface area (Å²) in [5.74, 6) is 1.25. The molecule has 1 N–H and O–H groups in total. The molecule has 1 aromatic heterocycles. The Kier molecular flexibility index (Phi) is 7.60. The summed E-state index contributed by atoms with van der Waals surface area (Å²) in [6.45, 7) is 8.52. The summed E-state index contributed by atoms with van der Waals surface area (Å²) in [6.07, 6.45) is 2.75. The standard InChI is InChI=1S/C26H31BrN4O2/c1-4-23(19-11-10-17(2)18(3)13-19)28-26(32)21-8-6-12-31(15-21)16-24-29-25(30-33-24)20-7-5-9-22(27)14-20/h5,7,9-11,13-14,21,23H,4,6,8,12,15-16H2,1-3H3,(H,28,32). The van der Waals surface area contributed by atoms with Crippen molar-refractivity contribution in [2.24, 2.45) is 5.92 Å². The topological polar surface area (TPSA) is 71.3 Å². The van der Waals surface area contributed by atoms with Crippen LogP contribution in [0, 0.1) is 19.8 Å². The Hall–Kier alpha value is -2.51. The molecule has 1 fully saturated rings. The number of nitrogens with zero attached hydrogens (tertiary/aromatic N) is 3. The second-order valence-corrected chi connectivity index (χ2v) is 9.83. The summed E-state index contributed by atoms with van der Waals surface area (Å²) >= 11 is 3.48. The number of hydrogen-bond acceptors (Lipinski definition) is 5. The van der Waals surface area contributed by atoms with Crippen LogP contribution in [0.25, 0.3) is 11.4 Å². The van der Waals surface area contributed by atoms with Gasteiger partial charge in [-0.3, -0.25) is 9.69 Å². The van der Waals surface area contributed by atoms with Crippen LogP contribution in [-0.2, 0) is 11.3 Å². The van der Waals surface area contributed by atoms with Crippen LogP contribution in [-0.4, -0.2) is 34.0 Å². The number of likely N-dealkylation sites (tertiary alicyclic amines) is 1. The number of benzene rings is 2. The molecule has 0 bridgehead atoms. The van der Waals surface area contributed by atoms with E-state index in [1.807, 2.05) is 24.3 Å². The van der Waals surface area contributed by atoms with Gasteiger partial charge in [-0.25, -0.2) is 0 Å². The van der Waals surface area contributed by atoms with Gasteiger partial charge in [-0.05, 0) is 68.5 Å². The molecule has 0 aliphatic carbocycles. The lowest BCUT2D eigenvalue weighted by Gasteiger charge is -2.32. The molecule has 174 valence electrons. The smallest absolute Gasteiger partial charge is 0.241 e. The molecule has 0 radical (unpaired) electrons. The van der Waals surface area contributed by atoms with Gasteiger partial charge < -0.3 is 9.84 Å². The highest BCUT2D eigenvalue weighted by Gasteiger charge is 2.28. The van der Waals surface area contributed by atoms with Gasteiger partial charge in [-0.15, -0.1) is 0 Å². The second kappa shape index (κ2) is 10.6. The number of hydrogen-bond donors (Lipinski definition) is 1. The Bertz CT molecular complexity index is 1110. The zero-order chi connectivity index (χ0) is 23.4. The predicted molar refractivity (Wildman–Crippen MR) is 133 cm³/mol. The fraction of sp³-hybridized carbons (Fsp3) is 0.423. The minimum Gasteiger partial charge on any atom is -0.349 e. The zero-order valence-corrected chi connectivity index (χ0v) is 21.1. The van der Waals surface area contributed by atoms with E-state index in [1.54, 1.807) is 0 Å². The molecule has 1 saturated heterocycles. The molecule has 4 rings (SSSR count). The lowest BCUT2D eigenvalue weighted by molar-refractivity contribution is -0.127. The quantitative estimate of drug-likeness (QED) is 0.448. The molecular weight excluding hydrogens is 480 g/mol. The van der Waals surface area contributed by atoms with Gasteiger partial charge in [0, 0.05) is 16.6 Å². The highest BCUT2D eigenvalue weighted by molar-refractivity contribution is 9.10. The molecule has 2 unspecified atom stereocenters. The van der Waals surface area contributed by atoms with Crippen LogP contribution in [0.1, 0.15) is 54.8 Å². The van der Waals surface area contributed by atoms with Crippen LogP contribution >= 0.6 is 15.9 Å². The maximum absolute atomic E-state index is 13.1. The van der Waals surface area contributed by atoms with Crippen molar-refractivity contribution in [3.63, 3.8) is 0 Å². The van der Waals surface area contributed by atoms with Crippen molar-refractivity contribution in [1.29, 1.82) is 0 Å². The molecule has 6 nitrogen and oxygen atoms in total. The Labute approximate surface area is 203 Å². The largest absolute Gasteiger partial charge is 0.349 e. The zero-order valence-electron chi connectivity index (χ0n) is 19.5. The first-order valence-electron chi connectivity index (χ1n) is 11.6. The summed E-state index contributed by atoms with van der Waals surface area (Å²) in [5.41, 5.74) is 4.61. The van der Waals surface area contributed by atoms with Gasteiger partial charge in [0.2, 0.25) is 17.6 Å². The number of carbonyl (C=O) groups excluding carboxylic acids is 1. The van der Waals surface area contributed by atoms with Gasteiger partial charge in [-0.1, -0.05) is 58.3 Å². The Morgan fingerprint density at radius 1 is 1.24 bits per heavy atom. The van der Waals surface area contributed by atoms with E-state index in [4.69, 9.17) is 4.52 Å². The molecular formula is C26H31BrN4O2. The average Bonchev–Trinajstić information content (AvgIpc) is 3.28. The maximum Gasteiger partial charge on any atom is 0.241 e. The first kappa shape index (κ1) is 23.6. The van der Waals surface area contributed by atoms with Crippen LogP contribution < -0.4 is 5.32 Å². The number of aryl methyl sites for hydroxylation is 2. The minimum absolute atomic E-state index is 0.0354. The van der Waals surface area contributed by atoms with Gasteiger partial charge in [0.25, 0.3) is 0 Å². The third-order valence-corrected chi connectivity index (χ3v) is 6.94.